The van der Waals surface area contributed by atoms with Crippen molar-refractivity contribution in [1.29, 1.82) is 0 Å². The van der Waals surface area contributed by atoms with E-state index in [-0.39, 0.29) is 0 Å². The molecule has 0 saturated carbocycles. The molecule has 0 spiro atoms. The first-order valence-corrected chi connectivity index (χ1v) is 17.8. The van der Waals surface area contributed by atoms with Crippen LogP contribution in [0.1, 0.15) is 0 Å². The standard InChI is InChI=1S/C50H36N2/c1-4-13-37(14-5-1)39-23-29-45(30-24-39)51(46-31-25-40(26-32-46)38-15-6-2-7-16-38)47-33-27-41(28-34-47)43-20-12-21-48(35-43)52-49-22-11-10-19-44(49)36-50(52)42-17-8-3-9-18-42/h1-36H. The molecule has 0 radical (unpaired) electrons. The number of aromatic nitrogens is 1. The summed E-state index contributed by atoms with van der Waals surface area (Å²) in [6, 6.07) is 78.2. The lowest BCUT2D eigenvalue weighted by atomic mass is 10.0. The Morgan fingerprint density at radius 1 is 0.288 bits per heavy atom. The number of fused-ring (bicyclic) bond motifs is 1. The predicted octanol–water partition coefficient (Wildman–Crippen LogP) is 13.8. The van der Waals surface area contributed by atoms with Crippen LogP contribution in [0.15, 0.2) is 218 Å². The van der Waals surface area contributed by atoms with Gasteiger partial charge in [0.25, 0.3) is 0 Å². The van der Waals surface area contributed by atoms with Gasteiger partial charge >= 0.3 is 0 Å². The highest BCUT2D eigenvalue weighted by Crippen LogP contribution is 2.38. The van der Waals surface area contributed by atoms with Crippen LogP contribution in [0.5, 0.6) is 0 Å². The van der Waals surface area contributed by atoms with Crippen LogP contribution in [-0.2, 0) is 0 Å². The summed E-state index contributed by atoms with van der Waals surface area (Å²) in [5, 5.41) is 1.23. The average molecular weight is 665 g/mol. The second-order valence-corrected chi connectivity index (χ2v) is 13.0. The third kappa shape index (κ3) is 6.08. The van der Waals surface area contributed by atoms with E-state index in [1.165, 1.54) is 55.5 Å². The normalized spacial score (nSPS) is 11.1. The fraction of sp³-hybridized carbons (Fsp3) is 0. The molecule has 1 heterocycles. The van der Waals surface area contributed by atoms with Crippen molar-refractivity contribution in [3.8, 4) is 50.3 Å². The summed E-state index contributed by atoms with van der Waals surface area (Å²) >= 11 is 0. The van der Waals surface area contributed by atoms with E-state index < -0.39 is 0 Å². The summed E-state index contributed by atoms with van der Waals surface area (Å²) in [6.07, 6.45) is 0. The average Bonchev–Trinajstić information content (AvgIpc) is 3.63. The van der Waals surface area contributed by atoms with Crippen LogP contribution < -0.4 is 4.90 Å². The molecular formula is C50H36N2. The Balaban J connectivity index is 1.09. The third-order valence-electron chi connectivity index (χ3n) is 9.81. The van der Waals surface area contributed by atoms with Gasteiger partial charge in [-0.15, -0.1) is 0 Å². The molecule has 0 unspecified atom stereocenters. The van der Waals surface area contributed by atoms with Crippen LogP contribution in [0.3, 0.4) is 0 Å². The Hall–Kier alpha value is -6.90. The summed E-state index contributed by atoms with van der Waals surface area (Å²) in [7, 11) is 0. The fourth-order valence-corrected chi connectivity index (χ4v) is 7.20. The van der Waals surface area contributed by atoms with Crippen molar-refractivity contribution >= 4 is 28.0 Å². The Kier molecular flexibility index (Phi) is 8.24. The molecule has 2 nitrogen and oxygen atoms in total. The summed E-state index contributed by atoms with van der Waals surface area (Å²) in [4.78, 5) is 2.34. The van der Waals surface area contributed by atoms with Gasteiger partial charge in [0.2, 0.25) is 0 Å². The molecule has 52 heavy (non-hydrogen) atoms. The van der Waals surface area contributed by atoms with E-state index in [0.717, 1.165) is 22.7 Å². The molecule has 0 aliphatic carbocycles. The number of benzene rings is 8. The molecule has 0 atom stereocenters. The molecule has 9 aromatic rings. The first-order valence-electron chi connectivity index (χ1n) is 17.8. The summed E-state index contributed by atoms with van der Waals surface area (Å²) in [6.45, 7) is 0. The molecule has 1 aromatic heterocycles. The lowest BCUT2D eigenvalue weighted by Gasteiger charge is -2.26. The minimum atomic E-state index is 1.10. The highest BCUT2D eigenvalue weighted by Gasteiger charge is 2.16. The maximum absolute atomic E-state index is 2.38. The van der Waals surface area contributed by atoms with E-state index in [1.54, 1.807) is 0 Å². The molecule has 0 saturated heterocycles. The Bertz CT molecular complexity index is 2490. The Morgan fingerprint density at radius 3 is 1.21 bits per heavy atom. The minimum absolute atomic E-state index is 1.10. The summed E-state index contributed by atoms with van der Waals surface area (Å²) < 4.78 is 2.38. The second kappa shape index (κ2) is 13.8. The Labute approximate surface area is 305 Å². The van der Waals surface area contributed by atoms with E-state index in [2.05, 4.69) is 228 Å². The van der Waals surface area contributed by atoms with Crippen LogP contribution in [0.2, 0.25) is 0 Å². The van der Waals surface area contributed by atoms with Crippen molar-refractivity contribution in [1.82, 2.24) is 4.57 Å². The van der Waals surface area contributed by atoms with Crippen molar-refractivity contribution in [3.05, 3.63) is 218 Å². The molecular weight excluding hydrogens is 629 g/mol. The zero-order valence-electron chi connectivity index (χ0n) is 28.7. The first-order chi connectivity index (χ1) is 25.8. The lowest BCUT2D eigenvalue weighted by molar-refractivity contribution is 1.13. The largest absolute Gasteiger partial charge is 0.311 e. The van der Waals surface area contributed by atoms with Crippen LogP contribution >= 0.6 is 0 Å². The van der Waals surface area contributed by atoms with E-state index in [0.29, 0.717) is 0 Å². The maximum Gasteiger partial charge on any atom is 0.0540 e. The Morgan fingerprint density at radius 2 is 0.692 bits per heavy atom. The number of anilines is 3. The summed E-state index contributed by atoms with van der Waals surface area (Å²) in [5.41, 5.74) is 15.2. The van der Waals surface area contributed by atoms with Gasteiger partial charge in [-0.3, -0.25) is 0 Å². The van der Waals surface area contributed by atoms with Gasteiger partial charge < -0.3 is 9.47 Å². The highest BCUT2D eigenvalue weighted by molar-refractivity contribution is 5.90. The molecule has 9 rings (SSSR count). The zero-order valence-corrected chi connectivity index (χ0v) is 28.7. The molecule has 0 aliphatic heterocycles. The van der Waals surface area contributed by atoms with E-state index in [1.807, 2.05) is 0 Å². The highest BCUT2D eigenvalue weighted by atomic mass is 15.1. The first kappa shape index (κ1) is 31.1. The van der Waals surface area contributed by atoms with Crippen molar-refractivity contribution < 1.29 is 0 Å². The second-order valence-electron chi connectivity index (χ2n) is 13.0. The van der Waals surface area contributed by atoms with Gasteiger partial charge in [-0.1, -0.05) is 158 Å². The number of rotatable bonds is 8. The van der Waals surface area contributed by atoms with E-state index >= 15 is 0 Å². The monoisotopic (exact) mass is 664 g/mol. The SMILES string of the molecule is c1ccc(-c2ccc(N(c3ccc(-c4ccccc4)cc3)c3ccc(-c4cccc(-n5c(-c6ccccc6)cc6ccccc65)c4)cc3)cc2)cc1. The van der Waals surface area contributed by atoms with Crippen LogP contribution in [0.4, 0.5) is 17.1 Å². The number of para-hydroxylation sites is 1. The smallest absolute Gasteiger partial charge is 0.0540 e. The molecule has 8 aromatic carbocycles. The number of hydrogen-bond acceptors (Lipinski definition) is 1. The topological polar surface area (TPSA) is 8.17 Å². The van der Waals surface area contributed by atoms with Gasteiger partial charge in [0.05, 0.1) is 11.2 Å². The van der Waals surface area contributed by atoms with E-state index in [4.69, 9.17) is 0 Å². The molecule has 0 aliphatic rings. The predicted molar refractivity (Wildman–Crippen MR) is 220 cm³/mol. The number of nitrogens with zero attached hydrogens (tertiary/aromatic N) is 2. The van der Waals surface area contributed by atoms with Crippen molar-refractivity contribution in [2.45, 2.75) is 0 Å². The quantitative estimate of drug-likeness (QED) is 0.157. The van der Waals surface area contributed by atoms with Crippen LogP contribution in [0, 0.1) is 0 Å². The van der Waals surface area contributed by atoms with Crippen molar-refractivity contribution in [2.24, 2.45) is 0 Å². The summed E-state index contributed by atoms with van der Waals surface area (Å²) in [5.74, 6) is 0. The van der Waals surface area contributed by atoms with E-state index in [9.17, 15) is 0 Å². The number of hydrogen-bond donors (Lipinski definition) is 0. The maximum atomic E-state index is 2.38. The van der Waals surface area contributed by atoms with Crippen LogP contribution in [0.25, 0.3) is 61.2 Å². The molecule has 2 heteroatoms. The van der Waals surface area contributed by atoms with Crippen LogP contribution in [-0.4, -0.2) is 4.57 Å². The van der Waals surface area contributed by atoms with Gasteiger partial charge in [0.1, 0.15) is 0 Å². The third-order valence-corrected chi connectivity index (χ3v) is 9.81. The fourth-order valence-electron chi connectivity index (χ4n) is 7.20. The molecule has 0 N–H and O–H groups in total. The molecule has 0 amide bonds. The molecule has 0 fully saturated rings. The van der Waals surface area contributed by atoms with Gasteiger partial charge in [0, 0.05) is 28.1 Å². The molecule has 0 bridgehead atoms. The van der Waals surface area contributed by atoms with Crippen molar-refractivity contribution in [2.75, 3.05) is 4.90 Å². The zero-order chi connectivity index (χ0) is 34.7. The van der Waals surface area contributed by atoms with Crippen molar-refractivity contribution in [3.63, 3.8) is 0 Å². The van der Waals surface area contributed by atoms with Gasteiger partial charge in [-0.25, -0.2) is 0 Å². The van der Waals surface area contributed by atoms with Gasteiger partial charge in [0.15, 0.2) is 0 Å². The minimum Gasteiger partial charge on any atom is -0.311 e. The van der Waals surface area contributed by atoms with Gasteiger partial charge in [-0.2, -0.15) is 0 Å². The molecule has 246 valence electrons. The lowest BCUT2D eigenvalue weighted by Crippen LogP contribution is -2.09. The van der Waals surface area contributed by atoms with Gasteiger partial charge in [-0.05, 0) is 99.6 Å².